The summed E-state index contributed by atoms with van der Waals surface area (Å²) in [6, 6.07) is 19.4. The number of hydrogen-bond acceptors (Lipinski definition) is 11. The van der Waals surface area contributed by atoms with Crippen LogP contribution in [0.3, 0.4) is 0 Å². The van der Waals surface area contributed by atoms with Gasteiger partial charge >= 0.3 is 5.97 Å². The SMILES string of the molecule is Cc1cc(N)nc(C)c1CN.Cc1cc(N)nc(C)c1CNC(=O)c1ccnc(Cc2cnc3cc(F)c(Cl)cc3c2)c1.O=C(O)c1ccnc(Cc2cnc3cc(F)c(Cl)cc3c2)c1. The molecule has 0 unspecified atom stereocenters. The number of carbonyl (C=O) groups is 2. The number of carbonyl (C=O) groups excluding carboxylic acids is 1. The normalized spacial score (nSPS) is 10.8. The van der Waals surface area contributed by atoms with Gasteiger partial charge in [-0.3, -0.25) is 24.7 Å². The third-order valence-corrected chi connectivity index (χ3v) is 10.8. The Hall–Kier alpha value is -7.20. The highest BCUT2D eigenvalue weighted by Gasteiger charge is 2.13. The first kappa shape index (κ1) is 47.3. The molecule has 17 heteroatoms. The number of amides is 1. The summed E-state index contributed by atoms with van der Waals surface area (Å²) in [4.78, 5) is 49.0. The number of halogens is 4. The maximum Gasteiger partial charge on any atom is 0.335 e. The van der Waals surface area contributed by atoms with Crippen molar-refractivity contribution >= 4 is 68.5 Å². The first-order valence-electron chi connectivity index (χ1n) is 20.0. The summed E-state index contributed by atoms with van der Waals surface area (Å²) in [5.74, 6) is -1.18. The van der Waals surface area contributed by atoms with Crippen molar-refractivity contribution in [3.8, 4) is 0 Å². The van der Waals surface area contributed by atoms with Crippen LogP contribution in [0, 0.1) is 39.3 Å². The number of nitrogens with one attached hydrogen (secondary N) is 1. The summed E-state index contributed by atoms with van der Waals surface area (Å²) in [5.41, 5.74) is 27.5. The number of nitrogen functional groups attached to an aromatic ring is 2. The summed E-state index contributed by atoms with van der Waals surface area (Å²) in [5, 5.41) is 13.5. The summed E-state index contributed by atoms with van der Waals surface area (Å²) >= 11 is 11.7. The summed E-state index contributed by atoms with van der Waals surface area (Å²) in [6.07, 6.45) is 7.25. The Morgan fingerprint density at radius 3 is 1.57 bits per heavy atom. The number of carboxylic acid groups (broad SMARTS) is 1. The molecule has 8 N–H and O–H groups in total. The number of aryl methyl sites for hydroxylation is 4. The Balaban J connectivity index is 0.000000182. The molecule has 6 heterocycles. The Labute approximate surface area is 383 Å². The molecule has 0 atom stereocenters. The Morgan fingerprint density at radius 1 is 0.646 bits per heavy atom. The van der Waals surface area contributed by atoms with Crippen LogP contribution in [-0.2, 0) is 25.9 Å². The average molecular weight is 918 g/mol. The quantitative estimate of drug-likeness (QED) is 0.0916. The van der Waals surface area contributed by atoms with E-state index in [1.54, 1.807) is 42.9 Å². The predicted molar refractivity (Wildman–Crippen MR) is 250 cm³/mol. The van der Waals surface area contributed by atoms with Gasteiger partial charge in [0.15, 0.2) is 0 Å². The molecule has 332 valence electrons. The standard InChI is InChI=1S/C24H21ClFN5O.C16H10ClFN2O2.C8H13N3/c1-13-5-23(27)31-14(2)19(13)12-30-24(32)16-3-4-28-18(8-16)7-15-6-17-9-20(25)21(26)10-22(17)29-11-15;17-13-6-11-3-9(8-20-15(11)7-14(13)18)4-12-5-10(16(21)22)1-2-19-12;1-5-3-8(10)11-6(2)7(5)4-9/h3-6,8-11H,7,12H2,1-2H3,(H2,27,31)(H,30,32);1-3,5-8H,4H2,(H,21,22);3H,4,9H2,1-2H3,(H2,10,11). The number of hydrogen-bond donors (Lipinski definition) is 5. The fourth-order valence-corrected chi connectivity index (χ4v) is 7.34. The molecular weight excluding hydrogens is 873 g/mol. The molecule has 0 saturated heterocycles. The number of anilines is 2. The van der Waals surface area contributed by atoms with E-state index >= 15 is 0 Å². The molecule has 0 aliphatic heterocycles. The lowest BCUT2D eigenvalue weighted by molar-refractivity contribution is 0.0696. The summed E-state index contributed by atoms with van der Waals surface area (Å²) in [6.45, 7) is 8.61. The van der Waals surface area contributed by atoms with Gasteiger partial charge in [-0.05, 0) is 122 Å². The minimum atomic E-state index is -0.998. The van der Waals surface area contributed by atoms with Gasteiger partial charge in [-0.25, -0.2) is 23.5 Å². The van der Waals surface area contributed by atoms with E-state index in [1.165, 1.54) is 36.5 Å². The minimum Gasteiger partial charge on any atom is -0.478 e. The minimum absolute atomic E-state index is 0.0393. The molecule has 6 aromatic heterocycles. The first-order chi connectivity index (χ1) is 31.0. The van der Waals surface area contributed by atoms with Gasteiger partial charge in [-0.2, -0.15) is 0 Å². The third-order valence-electron chi connectivity index (χ3n) is 10.3. The molecule has 0 aliphatic carbocycles. The molecular formula is C48H44Cl2F2N10O3. The Morgan fingerprint density at radius 2 is 1.11 bits per heavy atom. The maximum absolute atomic E-state index is 13.6. The van der Waals surface area contributed by atoms with E-state index < -0.39 is 17.6 Å². The monoisotopic (exact) mass is 916 g/mol. The number of rotatable bonds is 9. The number of pyridine rings is 6. The molecule has 0 saturated carbocycles. The van der Waals surface area contributed by atoms with E-state index in [9.17, 15) is 18.4 Å². The lowest BCUT2D eigenvalue weighted by atomic mass is 10.1. The van der Waals surface area contributed by atoms with E-state index in [0.717, 1.165) is 55.5 Å². The molecule has 0 spiro atoms. The Bertz CT molecular complexity index is 3040. The van der Waals surface area contributed by atoms with Crippen LogP contribution in [0.4, 0.5) is 20.4 Å². The van der Waals surface area contributed by atoms with Gasteiger partial charge < -0.3 is 27.6 Å². The van der Waals surface area contributed by atoms with E-state index in [0.29, 0.717) is 65.6 Å². The molecule has 13 nitrogen and oxygen atoms in total. The zero-order valence-corrected chi connectivity index (χ0v) is 37.3. The van der Waals surface area contributed by atoms with E-state index in [-0.39, 0.29) is 21.5 Å². The van der Waals surface area contributed by atoms with Crippen molar-refractivity contribution in [2.75, 3.05) is 11.5 Å². The van der Waals surface area contributed by atoms with Gasteiger partial charge in [0.05, 0.1) is 26.6 Å². The predicted octanol–water partition coefficient (Wildman–Crippen LogP) is 8.99. The van der Waals surface area contributed by atoms with Crippen LogP contribution >= 0.6 is 23.2 Å². The Kier molecular flexibility index (Phi) is 15.3. The van der Waals surface area contributed by atoms with E-state index in [1.807, 2.05) is 45.9 Å². The number of nitrogens with two attached hydrogens (primary N) is 3. The molecule has 8 aromatic rings. The van der Waals surface area contributed by atoms with Gasteiger partial charge in [-0.15, -0.1) is 0 Å². The maximum atomic E-state index is 13.6. The lowest BCUT2D eigenvalue weighted by Gasteiger charge is -2.12. The zero-order chi connectivity index (χ0) is 46.9. The molecule has 8 rings (SSSR count). The number of carboxylic acids is 1. The lowest BCUT2D eigenvalue weighted by Crippen LogP contribution is -2.24. The van der Waals surface area contributed by atoms with E-state index in [4.69, 9.17) is 45.5 Å². The number of fused-ring (bicyclic) bond motifs is 2. The first-order valence-corrected chi connectivity index (χ1v) is 20.8. The van der Waals surface area contributed by atoms with Crippen molar-refractivity contribution < 1.29 is 23.5 Å². The second-order valence-electron chi connectivity index (χ2n) is 15.1. The van der Waals surface area contributed by atoms with Crippen molar-refractivity contribution in [2.45, 2.75) is 53.6 Å². The second kappa shape index (κ2) is 21.0. The summed E-state index contributed by atoms with van der Waals surface area (Å²) < 4.78 is 27.0. The van der Waals surface area contributed by atoms with Crippen LogP contribution in [0.2, 0.25) is 10.0 Å². The van der Waals surface area contributed by atoms with Gasteiger partial charge in [0.25, 0.3) is 5.91 Å². The van der Waals surface area contributed by atoms with Gasteiger partial charge in [0, 0.05) is 102 Å². The fraction of sp³-hybridized carbons (Fsp3) is 0.167. The summed E-state index contributed by atoms with van der Waals surface area (Å²) in [7, 11) is 0. The molecule has 0 bridgehead atoms. The highest BCUT2D eigenvalue weighted by Crippen LogP contribution is 2.25. The molecule has 0 radical (unpaired) electrons. The van der Waals surface area contributed by atoms with Crippen LogP contribution in [-0.4, -0.2) is 46.9 Å². The number of aromatic nitrogens is 6. The van der Waals surface area contributed by atoms with Crippen LogP contribution in [0.5, 0.6) is 0 Å². The molecule has 0 fully saturated rings. The number of nitrogens with zero attached hydrogens (tertiary/aromatic N) is 6. The van der Waals surface area contributed by atoms with Crippen molar-refractivity contribution in [3.63, 3.8) is 0 Å². The van der Waals surface area contributed by atoms with Crippen LogP contribution < -0.4 is 22.5 Å². The van der Waals surface area contributed by atoms with Crippen molar-refractivity contribution in [1.82, 2.24) is 35.2 Å². The topological polar surface area (TPSA) is 222 Å². The van der Waals surface area contributed by atoms with Gasteiger partial charge in [0.1, 0.15) is 23.3 Å². The molecule has 0 aliphatic rings. The highest BCUT2D eigenvalue weighted by molar-refractivity contribution is 6.31. The van der Waals surface area contributed by atoms with Crippen molar-refractivity contribution in [3.05, 3.63) is 187 Å². The van der Waals surface area contributed by atoms with Crippen LogP contribution in [0.15, 0.2) is 97.6 Å². The fourth-order valence-electron chi connectivity index (χ4n) is 6.99. The smallest absolute Gasteiger partial charge is 0.335 e. The van der Waals surface area contributed by atoms with Gasteiger partial charge in [-0.1, -0.05) is 23.2 Å². The van der Waals surface area contributed by atoms with Crippen LogP contribution in [0.1, 0.15) is 76.9 Å². The van der Waals surface area contributed by atoms with E-state index in [2.05, 4.69) is 35.2 Å². The third kappa shape index (κ3) is 12.3. The van der Waals surface area contributed by atoms with Crippen molar-refractivity contribution in [1.29, 1.82) is 0 Å². The molecule has 65 heavy (non-hydrogen) atoms. The number of benzene rings is 2. The largest absolute Gasteiger partial charge is 0.478 e. The van der Waals surface area contributed by atoms with Crippen molar-refractivity contribution in [2.24, 2.45) is 5.73 Å². The second-order valence-corrected chi connectivity index (χ2v) is 15.9. The van der Waals surface area contributed by atoms with Gasteiger partial charge in [0.2, 0.25) is 0 Å². The van der Waals surface area contributed by atoms with Crippen LogP contribution in [0.25, 0.3) is 21.8 Å². The molecule has 1 amide bonds. The number of aromatic carboxylic acids is 1. The average Bonchev–Trinajstić information content (AvgIpc) is 3.25. The zero-order valence-electron chi connectivity index (χ0n) is 35.8. The highest BCUT2D eigenvalue weighted by atomic mass is 35.5. The molecule has 2 aromatic carbocycles.